The van der Waals surface area contributed by atoms with E-state index in [9.17, 15) is 0 Å². The summed E-state index contributed by atoms with van der Waals surface area (Å²) in [7, 11) is 1.74. The van der Waals surface area contributed by atoms with Crippen LogP contribution in [-0.4, -0.2) is 30.0 Å². The van der Waals surface area contributed by atoms with Crippen LogP contribution in [0.1, 0.15) is 45.2 Å². The number of ether oxygens (including phenoxy) is 1. The number of nitrogens with zero attached hydrogens (tertiary/aromatic N) is 2. The van der Waals surface area contributed by atoms with Crippen LogP contribution in [-0.2, 0) is 16.8 Å². The molecule has 1 aromatic heterocycles. The Hall–Kier alpha value is -0.390. The maximum absolute atomic E-state index is 5.22. The lowest BCUT2D eigenvalue weighted by molar-refractivity contribution is 0.169. The van der Waals surface area contributed by atoms with Crippen molar-refractivity contribution in [3.63, 3.8) is 0 Å². The van der Waals surface area contributed by atoms with Gasteiger partial charge in [-0.25, -0.2) is 0 Å². The first-order valence-corrected chi connectivity index (χ1v) is 8.37. The number of halogens is 1. The smallest absolute Gasteiger partial charge is 0.0730 e. The van der Waals surface area contributed by atoms with Gasteiger partial charge in [0.05, 0.1) is 35.1 Å². The zero-order chi connectivity index (χ0) is 14.6. The molecule has 0 aromatic carbocycles. The molecule has 1 aliphatic rings. The first kappa shape index (κ1) is 16.0. The molecule has 20 heavy (non-hydrogen) atoms. The first-order chi connectivity index (χ1) is 9.62. The van der Waals surface area contributed by atoms with E-state index >= 15 is 0 Å². The van der Waals surface area contributed by atoms with E-state index in [0.29, 0.717) is 12.5 Å². The molecule has 0 spiro atoms. The lowest BCUT2D eigenvalue weighted by Gasteiger charge is -2.38. The normalized spacial score (nSPS) is 24.1. The first-order valence-electron chi connectivity index (χ1n) is 7.57. The minimum absolute atomic E-state index is 0.0135. The van der Waals surface area contributed by atoms with E-state index < -0.39 is 0 Å². The van der Waals surface area contributed by atoms with Crippen LogP contribution in [0.2, 0.25) is 0 Å². The average Bonchev–Trinajstić information content (AvgIpc) is 2.65. The van der Waals surface area contributed by atoms with Crippen molar-refractivity contribution < 1.29 is 4.74 Å². The van der Waals surface area contributed by atoms with Crippen LogP contribution in [0.4, 0.5) is 0 Å². The van der Waals surface area contributed by atoms with Crippen molar-refractivity contribution in [1.29, 1.82) is 0 Å². The van der Waals surface area contributed by atoms with Gasteiger partial charge in [-0.3, -0.25) is 4.68 Å². The Kier molecular flexibility index (Phi) is 5.64. The Morgan fingerprint density at radius 3 is 2.95 bits per heavy atom. The summed E-state index contributed by atoms with van der Waals surface area (Å²) in [6, 6.07) is 0. The van der Waals surface area contributed by atoms with E-state index in [1.807, 2.05) is 6.20 Å². The number of aromatic nitrogens is 2. The molecule has 1 fully saturated rings. The van der Waals surface area contributed by atoms with E-state index in [4.69, 9.17) is 4.74 Å². The lowest BCUT2D eigenvalue weighted by atomic mass is 9.79. The number of hydrogen-bond acceptors (Lipinski definition) is 3. The minimum Gasteiger partial charge on any atom is -0.383 e. The topological polar surface area (TPSA) is 39.1 Å². The van der Waals surface area contributed by atoms with Crippen molar-refractivity contribution in [3.8, 4) is 0 Å². The van der Waals surface area contributed by atoms with Gasteiger partial charge in [-0.1, -0.05) is 26.7 Å². The van der Waals surface area contributed by atoms with Crippen molar-refractivity contribution in [1.82, 2.24) is 15.1 Å². The van der Waals surface area contributed by atoms with Crippen molar-refractivity contribution in [2.24, 2.45) is 5.92 Å². The molecular formula is C15H26BrN3O. The third-order valence-corrected chi connectivity index (χ3v) is 4.98. The number of methoxy groups -OCH3 is 1. The Morgan fingerprint density at radius 1 is 1.45 bits per heavy atom. The monoisotopic (exact) mass is 343 g/mol. The largest absolute Gasteiger partial charge is 0.383 e. The van der Waals surface area contributed by atoms with Crippen molar-refractivity contribution >= 4 is 15.9 Å². The molecule has 2 heterocycles. The molecular weight excluding hydrogens is 318 g/mol. The Bertz CT molecular complexity index is 423. The standard InChI is InChI=1S/C15H26BrN3O/c1-12(2)15(7-5-4-6-8-17-15)14-13(16)11-18-19(14)9-10-20-3/h11-12,17H,4-10H2,1-3H3. The van der Waals surface area contributed by atoms with Crippen LogP contribution >= 0.6 is 15.9 Å². The molecule has 1 saturated heterocycles. The third-order valence-electron chi connectivity index (χ3n) is 4.40. The van der Waals surface area contributed by atoms with Gasteiger partial charge in [0.2, 0.25) is 0 Å². The van der Waals surface area contributed by atoms with E-state index in [-0.39, 0.29) is 5.54 Å². The molecule has 1 atom stereocenters. The molecule has 1 N–H and O–H groups in total. The second-order valence-corrected chi connectivity index (χ2v) is 6.77. The SMILES string of the molecule is COCCn1ncc(Br)c1C1(C(C)C)CCCCCN1. The highest BCUT2D eigenvalue weighted by Crippen LogP contribution is 2.40. The molecule has 2 rings (SSSR count). The summed E-state index contributed by atoms with van der Waals surface area (Å²) in [6.45, 7) is 7.18. The third kappa shape index (κ3) is 3.10. The van der Waals surface area contributed by atoms with E-state index in [0.717, 1.165) is 17.6 Å². The maximum Gasteiger partial charge on any atom is 0.0730 e. The van der Waals surface area contributed by atoms with Gasteiger partial charge in [-0.05, 0) is 41.2 Å². The molecule has 0 radical (unpaired) electrons. The molecule has 114 valence electrons. The van der Waals surface area contributed by atoms with Crippen LogP contribution in [0.5, 0.6) is 0 Å². The number of hydrogen-bond donors (Lipinski definition) is 1. The van der Waals surface area contributed by atoms with Crippen molar-refractivity contribution in [2.45, 2.75) is 51.6 Å². The summed E-state index contributed by atoms with van der Waals surface area (Å²) >= 11 is 3.71. The number of rotatable bonds is 5. The van der Waals surface area contributed by atoms with Crippen LogP contribution in [0.3, 0.4) is 0 Å². The highest BCUT2D eigenvalue weighted by molar-refractivity contribution is 9.10. The summed E-state index contributed by atoms with van der Waals surface area (Å²) < 4.78 is 8.43. The second kappa shape index (κ2) is 7.05. The van der Waals surface area contributed by atoms with E-state index in [1.54, 1.807) is 7.11 Å². The summed E-state index contributed by atoms with van der Waals surface area (Å²) in [5.74, 6) is 0.523. The van der Waals surface area contributed by atoms with E-state index in [2.05, 4.69) is 44.9 Å². The summed E-state index contributed by atoms with van der Waals surface area (Å²) in [6.07, 6.45) is 6.93. The van der Waals surface area contributed by atoms with Gasteiger partial charge in [0.1, 0.15) is 0 Å². The second-order valence-electron chi connectivity index (χ2n) is 5.92. The molecule has 0 bridgehead atoms. The van der Waals surface area contributed by atoms with Gasteiger partial charge < -0.3 is 10.1 Å². The van der Waals surface area contributed by atoms with Crippen molar-refractivity contribution in [3.05, 3.63) is 16.4 Å². The average molecular weight is 344 g/mol. The molecule has 1 aromatic rings. The van der Waals surface area contributed by atoms with Crippen LogP contribution in [0, 0.1) is 5.92 Å². The molecule has 0 aliphatic carbocycles. The van der Waals surface area contributed by atoms with Crippen LogP contribution < -0.4 is 5.32 Å². The molecule has 0 saturated carbocycles. The fourth-order valence-electron chi connectivity index (χ4n) is 3.23. The fourth-order valence-corrected chi connectivity index (χ4v) is 3.88. The molecule has 4 nitrogen and oxygen atoms in total. The lowest BCUT2D eigenvalue weighted by Crippen LogP contribution is -2.48. The van der Waals surface area contributed by atoms with Gasteiger partial charge >= 0.3 is 0 Å². The summed E-state index contributed by atoms with van der Waals surface area (Å²) in [5, 5.41) is 8.36. The summed E-state index contributed by atoms with van der Waals surface area (Å²) in [5.41, 5.74) is 1.30. The molecule has 5 heteroatoms. The quantitative estimate of drug-likeness (QED) is 0.891. The predicted octanol–water partition coefficient (Wildman–Crippen LogP) is 3.31. The van der Waals surface area contributed by atoms with Gasteiger partial charge in [0.15, 0.2) is 0 Å². The van der Waals surface area contributed by atoms with Crippen LogP contribution in [0.15, 0.2) is 10.7 Å². The zero-order valence-electron chi connectivity index (χ0n) is 12.8. The summed E-state index contributed by atoms with van der Waals surface area (Å²) in [4.78, 5) is 0. The van der Waals surface area contributed by atoms with E-state index in [1.165, 1.54) is 31.4 Å². The Balaban J connectivity index is 2.40. The van der Waals surface area contributed by atoms with Crippen molar-refractivity contribution in [2.75, 3.05) is 20.3 Å². The highest BCUT2D eigenvalue weighted by atomic mass is 79.9. The maximum atomic E-state index is 5.22. The van der Waals surface area contributed by atoms with Gasteiger partial charge in [0, 0.05) is 7.11 Å². The molecule has 1 aliphatic heterocycles. The Morgan fingerprint density at radius 2 is 2.25 bits per heavy atom. The predicted molar refractivity (Wildman–Crippen MR) is 84.8 cm³/mol. The fraction of sp³-hybridized carbons (Fsp3) is 0.800. The minimum atomic E-state index is 0.0135. The zero-order valence-corrected chi connectivity index (χ0v) is 14.4. The number of nitrogens with one attached hydrogen (secondary N) is 1. The molecule has 0 amide bonds. The highest BCUT2D eigenvalue weighted by Gasteiger charge is 2.40. The Labute approximate surface area is 130 Å². The van der Waals surface area contributed by atoms with Crippen LogP contribution in [0.25, 0.3) is 0 Å². The van der Waals surface area contributed by atoms with Gasteiger partial charge in [-0.15, -0.1) is 0 Å². The van der Waals surface area contributed by atoms with Gasteiger partial charge in [-0.2, -0.15) is 5.10 Å². The molecule has 1 unspecified atom stereocenters. The van der Waals surface area contributed by atoms with Gasteiger partial charge in [0.25, 0.3) is 0 Å².